The number of benzene rings is 1. The van der Waals surface area contributed by atoms with Gasteiger partial charge < -0.3 is 9.80 Å². The van der Waals surface area contributed by atoms with Crippen molar-refractivity contribution in [1.82, 2.24) is 20.0 Å². The molecule has 0 bridgehead atoms. The van der Waals surface area contributed by atoms with Crippen LogP contribution in [0.1, 0.15) is 24.1 Å². The van der Waals surface area contributed by atoms with Gasteiger partial charge in [0.15, 0.2) is 0 Å². The highest BCUT2D eigenvalue weighted by Gasteiger charge is 2.31. The van der Waals surface area contributed by atoms with E-state index in [1.54, 1.807) is 35.2 Å². The van der Waals surface area contributed by atoms with Gasteiger partial charge in [-0.05, 0) is 30.2 Å². The summed E-state index contributed by atoms with van der Waals surface area (Å²) in [5.74, 6) is -0.552. The van der Waals surface area contributed by atoms with Crippen LogP contribution in [0.15, 0.2) is 36.5 Å². The first-order chi connectivity index (χ1) is 12.0. The van der Waals surface area contributed by atoms with E-state index in [1.165, 1.54) is 12.1 Å². The molecule has 7 heteroatoms. The lowest BCUT2D eigenvalue weighted by molar-refractivity contribution is -0.143. The smallest absolute Gasteiger partial charge is 0.227 e. The number of aromatic nitrogens is 2. The van der Waals surface area contributed by atoms with Gasteiger partial charge in [-0.25, -0.2) is 4.39 Å². The molecule has 1 saturated heterocycles. The molecule has 0 unspecified atom stereocenters. The first-order valence-corrected chi connectivity index (χ1v) is 8.28. The number of nitrogens with zero attached hydrogens (tertiary/aromatic N) is 3. The fourth-order valence-electron chi connectivity index (χ4n) is 3.14. The Labute approximate surface area is 145 Å². The number of carbonyl (C=O) groups excluding carboxylic acids is 2. The van der Waals surface area contributed by atoms with E-state index in [2.05, 4.69) is 10.2 Å². The Balaban J connectivity index is 1.63. The standard InChI is InChI=1S/C18H21FN4O2/c1-22(12-16-7-8-20-21-16)18(25)14-5-6-17(24)23(11-14)10-13-3-2-4-15(19)9-13/h2-4,7-9,14H,5-6,10-12H2,1H3,(H,20,21)/t14-/m0/s1. The van der Waals surface area contributed by atoms with Crippen molar-refractivity contribution in [1.29, 1.82) is 0 Å². The lowest BCUT2D eigenvalue weighted by Crippen LogP contribution is -2.45. The molecule has 1 N–H and O–H groups in total. The van der Waals surface area contributed by atoms with E-state index in [0.29, 0.717) is 32.5 Å². The molecule has 0 radical (unpaired) electrons. The molecule has 2 aromatic rings. The van der Waals surface area contributed by atoms with Gasteiger partial charge in [-0.3, -0.25) is 14.7 Å². The fourth-order valence-corrected chi connectivity index (χ4v) is 3.14. The van der Waals surface area contributed by atoms with Gasteiger partial charge in [-0.2, -0.15) is 5.10 Å². The minimum atomic E-state index is -0.325. The van der Waals surface area contributed by atoms with Crippen molar-refractivity contribution < 1.29 is 14.0 Å². The molecule has 2 heterocycles. The number of rotatable bonds is 5. The molecule has 132 valence electrons. The van der Waals surface area contributed by atoms with Crippen molar-refractivity contribution in [3.05, 3.63) is 53.6 Å². The zero-order chi connectivity index (χ0) is 17.8. The van der Waals surface area contributed by atoms with Crippen LogP contribution in [0.4, 0.5) is 4.39 Å². The number of carbonyl (C=O) groups is 2. The molecule has 25 heavy (non-hydrogen) atoms. The van der Waals surface area contributed by atoms with E-state index in [1.807, 2.05) is 6.07 Å². The number of H-pyrrole nitrogens is 1. The third-order valence-corrected chi connectivity index (χ3v) is 4.45. The van der Waals surface area contributed by atoms with Gasteiger partial charge in [0.2, 0.25) is 11.8 Å². The van der Waals surface area contributed by atoms with Crippen LogP contribution in [0.5, 0.6) is 0 Å². The first kappa shape index (κ1) is 17.1. The van der Waals surface area contributed by atoms with Gasteiger partial charge in [0.05, 0.1) is 18.2 Å². The van der Waals surface area contributed by atoms with Gasteiger partial charge in [-0.15, -0.1) is 0 Å². The molecule has 6 nitrogen and oxygen atoms in total. The van der Waals surface area contributed by atoms with Crippen molar-refractivity contribution in [2.24, 2.45) is 5.92 Å². The van der Waals surface area contributed by atoms with Gasteiger partial charge in [0.25, 0.3) is 0 Å². The number of halogens is 1. The number of piperidine rings is 1. The van der Waals surface area contributed by atoms with Crippen LogP contribution >= 0.6 is 0 Å². The van der Waals surface area contributed by atoms with Crippen LogP contribution < -0.4 is 0 Å². The molecule has 1 atom stereocenters. The Morgan fingerprint density at radius 3 is 3.00 bits per heavy atom. The summed E-state index contributed by atoms with van der Waals surface area (Å²) in [7, 11) is 1.75. The number of hydrogen-bond acceptors (Lipinski definition) is 3. The second-order valence-electron chi connectivity index (χ2n) is 6.42. The Morgan fingerprint density at radius 2 is 2.28 bits per heavy atom. The monoisotopic (exact) mass is 344 g/mol. The Bertz CT molecular complexity index is 747. The lowest BCUT2D eigenvalue weighted by atomic mass is 9.95. The van der Waals surface area contributed by atoms with Crippen molar-refractivity contribution in [2.75, 3.05) is 13.6 Å². The zero-order valence-corrected chi connectivity index (χ0v) is 14.1. The van der Waals surface area contributed by atoms with Gasteiger partial charge in [0.1, 0.15) is 5.82 Å². The maximum Gasteiger partial charge on any atom is 0.227 e. The van der Waals surface area contributed by atoms with E-state index in [-0.39, 0.29) is 23.5 Å². The van der Waals surface area contributed by atoms with E-state index in [0.717, 1.165) is 11.3 Å². The van der Waals surface area contributed by atoms with E-state index in [4.69, 9.17) is 0 Å². The van der Waals surface area contributed by atoms with Crippen LogP contribution in [0, 0.1) is 11.7 Å². The summed E-state index contributed by atoms with van der Waals surface area (Å²) < 4.78 is 13.3. The first-order valence-electron chi connectivity index (χ1n) is 8.28. The molecule has 0 aliphatic carbocycles. The van der Waals surface area contributed by atoms with Crippen molar-refractivity contribution in [3.8, 4) is 0 Å². The Hall–Kier alpha value is -2.70. The molecule has 1 aromatic carbocycles. The van der Waals surface area contributed by atoms with Crippen LogP contribution in [0.3, 0.4) is 0 Å². The molecule has 0 spiro atoms. The minimum Gasteiger partial charge on any atom is -0.340 e. The second kappa shape index (κ2) is 7.46. The zero-order valence-electron chi connectivity index (χ0n) is 14.1. The summed E-state index contributed by atoms with van der Waals surface area (Å²) in [6.07, 6.45) is 2.53. The molecule has 3 rings (SSSR count). The van der Waals surface area contributed by atoms with Crippen LogP contribution in [-0.4, -0.2) is 45.4 Å². The molecule has 2 amide bonds. The SMILES string of the molecule is CN(Cc1ccn[nH]1)C(=O)[C@H]1CCC(=O)N(Cc2cccc(F)c2)C1. The molecule has 0 saturated carbocycles. The summed E-state index contributed by atoms with van der Waals surface area (Å²) in [4.78, 5) is 28.1. The van der Waals surface area contributed by atoms with Gasteiger partial charge >= 0.3 is 0 Å². The quantitative estimate of drug-likeness (QED) is 0.901. The third-order valence-electron chi connectivity index (χ3n) is 4.45. The Morgan fingerprint density at radius 1 is 1.44 bits per heavy atom. The summed E-state index contributed by atoms with van der Waals surface area (Å²) in [5, 5.41) is 6.71. The highest BCUT2D eigenvalue weighted by atomic mass is 19.1. The summed E-state index contributed by atoms with van der Waals surface area (Å²) in [6, 6.07) is 8.03. The van der Waals surface area contributed by atoms with Crippen LogP contribution in [0.2, 0.25) is 0 Å². The predicted molar refractivity (Wildman–Crippen MR) is 89.6 cm³/mol. The van der Waals surface area contributed by atoms with Crippen molar-refractivity contribution in [3.63, 3.8) is 0 Å². The summed E-state index contributed by atoms with van der Waals surface area (Å²) in [5.41, 5.74) is 1.59. The number of likely N-dealkylation sites (tertiary alicyclic amines) is 1. The van der Waals surface area contributed by atoms with E-state index in [9.17, 15) is 14.0 Å². The largest absolute Gasteiger partial charge is 0.340 e. The number of hydrogen-bond donors (Lipinski definition) is 1. The fraction of sp³-hybridized carbons (Fsp3) is 0.389. The topological polar surface area (TPSA) is 69.3 Å². The third kappa shape index (κ3) is 4.23. The van der Waals surface area contributed by atoms with Crippen molar-refractivity contribution >= 4 is 11.8 Å². The highest BCUT2D eigenvalue weighted by molar-refractivity contribution is 5.83. The molecular weight excluding hydrogens is 323 g/mol. The molecule has 1 aromatic heterocycles. The van der Waals surface area contributed by atoms with Gasteiger partial charge in [0, 0.05) is 32.8 Å². The van der Waals surface area contributed by atoms with E-state index < -0.39 is 0 Å². The maximum atomic E-state index is 13.3. The summed E-state index contributed by atoms with van der Waals surface area (Å²) in [6.45, 7) is 1.14. The number of amides is 2. The average Bonchev–Trinajstić information content (AvgIpc) is 3.09. The van der Waals surface area contributed by atoms with Crippen LogP contribution in [-0.2, 0) is 22.7 Å². The van der Waals surface area contributed by atoms with Crippen molar-refractivity contribution in [2.45, 2.75) is 25.9 Å². The highest BCUT2D eigenvalue weighted by Crippen LogP contribution is 2.22. The van der Waals surface area contributed by atoms with Gasteiger partial charge in [-0.1, -0.05) is 12.1 Å². The molecule has 1 aliphatic heterocycles. The Kier molecular flexibility index (Phi) is 5.11. The molecule has 1 fully saturated rings. The lowest BCUT2D eigenvalue weighted by Gasteiger charge is -2.33. The molecule has 1 aliphatic rings. The van der Waals surface area contributed by atoms with Crippen LogP contribution in [0.25, 0.3) is 0 Å². The predicted octanol–water partition coefficient (Wildman–Crippen LogP) is 1.95. The average molecular weight is 344 g/mol. The summed E-state index contributed by atoms with van der Waals surface area (Å²) >= 11 is 0. The molecular formula is C18H21FN4O2. The normalized spacial score (nSPS) is 17.6. The van der Waals surface area contributed by atoms with E-state index >= 15 is 0 Å². The number of nitrogens with one attached hydrogen (secondary N) is 1. The maximum absolute atomic E-state index is 13.3. The minimum absolute atomic E-state index is 0.00420. The number of aromatic amines is 1. The second-order valence-corrected chi connectivity index (χ2v) is 6.42.